The van der Waals surface area contributed by atoms with Crippen LogP contribution in [0.15, 0.2) is 18.5 Å². The van der Waals surface area contributed by atoms with Crippen LogP contribution in [0.2, 0.25) is 10.3 Å². The van der Waals surface area contributed by atoms with Crippen LogP contribution in [0.1, 0.15) is 25.8 Å². The summed E-state index contributed by atoms with van der Waals surface area (Å²) in [4.78, 5) is 11.5. The molecule has 112 valence electrons. The zero-order chi connectivity index (χ0) is 15.6. The van der Waals surface area contributed by atoms with E-state index >= 15 is 0 Å². The predicted molar refractivity (Wildman–Crippen MR) is 79.4 cm³/mol. The van der Waals surface area contributed by atoms with Gasteiger partial charge in [0.2, 0.25) is 11.2 Å². The van der Waals surface area contributed by atoms with Gasteiger partial charge in [-0.2, -0.15) is 4.98 Å². The van der Waals surface area contributed by atoms with Gasteiger partial charge in [0.05, 0.1) is 10.6 Å². The van der Waals surface area contributed by atoms with Gasteiger partial charge in [0, 0.05) is 11.3 Å². The Morgan fingerprint density at radius 1 is 1.33 bits per heavy atom. The quantitative estimate of drug-likeness (QED) is 0.894. The van der Waals surface area contributed by atoms with E-state index in [1.807, 2.05) is 0 Å². The van der Waals surface area contributed by atoms with Crippen LogP contribution in [-0.2, 0) is 5.60 Å². The number of aliphatic hydroxyl groups is 1. The molecule has 2 aromatic rings. The molecule has 0 aliphatic carbocycles. The molecule has 0 saturated carbocycles. The summed E-state index contributed by atoms with van der Waals surface area (Å²) in [6.07, 6.45) is 1.63. The van der Waals surface area contributed by atoms with Crippen LogP contribution >= 0.6 is 23.2 Å². The van der Waals surface area contributed by atoms with Gasteiger partial charge < -0.3 is 10.4 Å². The van der Waals surface area contributed by atoms with Crippen LogP contribution in [0.3, 0.4) is 0 Å². The van der Waals surface area contributed by atoms with Gasteiger partial charge in [0.15, 0.2) is 0 Å². The van der Waals surface area contributed by atoms with Crippen LogP contribution in [0, 0.1) is 5.82 Å². The molecule has 0 bridgehead atoms. The third-order valence-corrected chi connectivity index (χ3v) is 3.59. The van der Waals surface area contributed by atoms with Crippen LogP contribution < -0.4 is 5.32 Å². The summed E-state index contributed by atoms with van der Waals surface area (Å²) >= 11 is 11.5. The summed E-state index contributed by atoms with van der Waals surface area (Å²) in [5.74, 6) is -0.439. The Hall–Kier alpha value is -1.50. The lowest BCUT2D eigenvalue weighted by molar-refractivity contribution is 0.0535. The number of nitrogens with zero attached hydrogens (tertiary/aromatic N) is 3. The Morgan fingerprint density at radius 3 is 2.67 bits per heavy atom. The smallest absolute Gasteiger partial charge is 0.231 e. The highest BCUT2D eigenvalue weighted by Crippen LogP contribution is 2.35. The minimum Gasteiger partial charge on any atom is -0.385 e. The molecular weight excluding hydrogens is 318 g/mol. The first-order valence-electron chi connectivity index (χ1n) is 6.17. The molecule has 21 heavy (non-hydrogen) atoms. The first kappa shape index (κ1) is 15.9. The van der Waals surface area contributed by atoms with Gasteiger partial charge in [-0.3, -0.25) is 0 Å². The largest absolute Gasteiger partial charge is 0.385 e. The van der Waals surface area contributed by atoms with E-state index in [0.29, 0.717) is 17.7 Å². The van der Waals surface area contributed by atoms with Gasteiger partial charge in [-0.15, -0.1) is 0 Å². The van der Waals surface area contributed by atoms with E-state index in [4.69, 9.17) is 23.2 Å². The van der Waals surface area contributed by atoms with Crippen molar-refractivity contribution in [1.82, 2.24) is 15.0 Å². The maximum absolute atomic E-state index is 13.7. The molecular formula is C13H13Cl2FN4O. The fourth-order valence-corrected chi connectivity index (χ4v) is 2.03. The van der Waals surface area contributed by atoms with E-state index in [-0.39, 0.29) is 16.3 Å². The Labute approximate surface area is 131 Å². The number of aromatic nitrogens is 3. The average Bonchev–Trinajstić information content (AvgIpc) is 2.42. The molecule has 1 unspecified atom stereocenters. The molecule has 1 heterocycles. The monoisotopic (exact) mass is 330 g/mol. The van der Waals surface area contributed by atoms with Crippen LogP contribution in [0.4, 0.5) is 16.0 Å². The Morgan fingerprint density at radius 2 is 2.05 bits per heavy atom. The van der Waals surface area contributed by atoms with E-state index in [9.17, 15) is 9.50 Å². The summed E-state index contributed by atoms with van der Waals surface area (Å²) in [6.45, 7) is 3.37. The van der Waals surface area contributed by atoms with Gasteiger partial charge in [0.1, 0.15) is 12.1 Å². The lowest BCUT2D eigenvalue weighted by atomic mass is 9.91. The highest BCUT2D eigenvalue weighted by atomic mass is 35.5. The molecule has 0 saturated heterocycles. The Bertz CT molecular complexity index is 667. The summed E-state index contributed by atoms with van der Waals surface area (Å²) in [5.41, 5.74) is -0.483. The second-order valence-electron chi connectivity index (χ2n) is 4.64. The molecule has 8 heteroatoms. The van der Waals surface area contributed by atoms with Gasteiger partial charge in [-0.1, -0.05) is 18.5 Å². The number of hydrogen-bond acceptors (Lipinski definition) is 5. The maximum atomic E-state index is 13.7. The topological polar surface area (TPSA) is 70.9 Å². The van der Waals surface area contributed by atoms with Crippen molar-refractivity contribution < 1.29 is 9.50 Å². The summed E-state index contributed by atoms with van der Waals surface area (Å²) in [7, 11) is 0. The lowest BCUT2D eigenvalue weighted by Crippen LogP contribution is -2.21. The van der Waals surface area contributed by atoms with Crippen molar-refractivity contribution in [2.24, 2.45) is 0 Å². The number of benzene rings is 1. The zero-order valence-electron chi connectivity index (χ0n) is 11.4. The lowest BCUT2D eigenvalue weighted by Gasteiger charge is -2.25. The third-order valence-electron chi connectivity index (χ3n) is 3.12. The zero-order valence-corrected chi connectivity index (χ0v) is 12.9. The normalized spacial score (nSPS) is 13.8. The molecule has 0 amide bonds. The number of anilines is 2. The van der Waals surface area contributed by atoms with E-state index in [2.05, 4.69) is 20.3 Å². The molecule has 0 aliphatic rings. The van der Waals surface area contributed by atoms with Crippen molar-refractivity contribution in [3.05, 3.63) is 40.1 Å². The van der Waals surface area contributed by atoms with Gasteiger partial charge >= 0.3 is 0 Å². The van der Waals surface area contributed by atoms with E-state index in [1.54, 1.807) is 13.8 Å². The highest BCUT2D eigenvalue weighted by molar-refractivity contribution is 6.31. The van der Waals surface area contributed by atoms with E-state index < -0.39 is 11.4 Å². The SMILES string of the molecule is CCC(C)(O)c1cc(F)c(Cl)cc1Nc1ncnc(Cl)n1. The van der Waals surface area contributed by atoms with Crippen molar-refractivity contribution in [1.29, 1.82) is 0 Å². The molecule has 1 aromatic heterocycles. The molecule has 0 radical (unpaired) electrons. The summed E-state index contributed by atoms with van der Waals surface area (Å²) in [6, 6.07) is 2.56. The van der Waals surface area contributed by atoms with Gasteiger partial charge in [0.25, 0.3) is 0 Å². The fourth-order valence-electron chi connectivity index (χ4n) is 1.74. The predicted octanol–water partition coefficient (Wildman–Crippen LogP) is 3.68. The standard InChI is InChI=1S/C13H13Cl2FN4O/c1-3-13(2,21)7-4-9(16)8(14)5-10(7)19-12-18-6-17-11(15)20-12/h4-6,21H,3H2,1-2H3,(H,17,18,19,20). The maximum Gasteiger partial charge on any atom is 0.231 e. The second kappa shape index (κ2) is 6.09. The fraction of sp³-hybridized carbons (Fsp3) is 0.308. The number of nitrogens with one attached hydrogen (secondary N) is 1. The summed E-state index contributed by atoms with van der Waals surface area (Å²) in [5, 5.41) is 13.2. The first-order chi connectivity index (χ1) is 9.83. The first-order valence-corrected chi connectivity index (χ1v) is 6.92. The van der Waals surface area contributed by atoms with E-state index in [1.165, 1.54) is 18.5 Å². The van der Waals surface area contributed by atoms with Crippen molar-refractivity contribution >= 4 is 34.8 Å². The number of hydrogen-bond donors (Lipinski definition) is 2. The van der Waals surface area contributed by atoms with Crippen molar-refractivity contribution in [2.45, 2.75) is 25.9 Å². The number of halogens is 3. The van der Waals surface area contributed by atoms with Gasteiger partial charge in [-0.25, -0.2) is 14.4 Å². The Kier molecular flexibility index (Phi) is 4.61. The van der Waals surface area contributed by atoms with Crippen molar-refractivity contribution in [2.75, 3.05) is 5.32 Å². The number of rotatable bonds is 4. The minimum absolute atomic E-state index is 0.0181. The van der Waals surface area contributed by atoms with Crippen LogP contribution in [0.25, 0.3) is 0 Å². The second-order valence-corrected chi connectivity index (χ2v) is 5.39. The minimum atomic E-state index is -1.23. The average molecular weight is 331 g/mol. The molecule has 1 atom stereocenters. The molecule has 0 fully saturated rings. The third kappa shape index (κ3) is 3.58. The van der Waals surface area contributed by atoms with E-state index in [0.717, 1.165) is 0 Å². The van der Waals surface area contributed by atoms with Crippen molar-refractivity contribution in [3.63, 3.8) is 0 Å². The van der Waals surface area contributed by atoms with Gasteiger partial charge in [-0.05, 0) is 37.1 Å². The molecule has 2 N–H and O–H groups in total. The molecule has 1 aromatic carbocycles. The van der Waals surface area contributed by atoms with Crippen LogP contribution in [-0.4, -0.2) is 20.1 Å². The molecule has 0 spiro atoms. The molecule has 5 nitrogen and oxygen atoms in total. The van der Waals surface area contributed by atoms with Crippen molar-refractivity contribution in [3.8, 4) is 0 Å². The Balaban J connectivity index is 2.49. The van der Waals surface area contributed by atoms with Crippen LogP contribution in [0.5, 0.6) is 0 Å². The highest BCUT2D eigenvalue weighted by Gasteiger charge is 2.26. The summed E-state index contributed by atoms with van der Waals surface area (Å²) < 4.78 is 13.7. The molecule has 0 aliphatic heterocycles. The molecule has 2 rings (SSSR count).